The topological polar surface area (TPSA) is 103 Å². The van der Waals surface area contributed by atoms with E-state index in [-0.39, 0.29) is 24.8 Å². The van der Waals surface area contributed by atoms with Gasteiger partial charge in [-0.25, -0.2) is 4.98 Å². The van der Waals surface area contributed by atoms with Crippen molar-refractivity contribution >= 4 is 23.1 Å². The molecule has 2 aromatic heterocycles. The zero-order chi connectivity index (χ0) is 25.5. The summed E-state index contributed by atoms with van der Waals surface area (Å²) in [6, 6.07) is 17.7. The molecule has 1 atom stereocenters. The molecule has 9 heteroatoms. The molecule has 0 bridgehead atoms. The Hall–Kier alpha value is -4.53. The number of nitrogens with one attached hydrogen (secondary N) is 2. The van der Waals surface area contributed by atoms with Gasteiger partial charge in [0.15, 0.2) is 11.5 Å². The number of hydrogen-bond acceptors (Lipinski definition) is 6. The Balaban J connectivity index is 1.44. The van der Waals surface area contributed by atoms with Crippen LogP contribution in [0.3, 0.4) is 0 Å². The summed E-state index contributed by atoms with van der Waals surface area (Å²) in [6.07, 6.45) is 3.87. The van der Waals surface area contributed by atoms with Crippen molar-refractivity contribution in [2.24, 2.45) is 0 Å². The lowest BCUT2D eigenvalue weighted by Crippen LogP contribution is -2.29. The summed E-state index contributed by atoms with van der Waals surface area (Å²) in [4.78, 5) is 29.2. The van der Waals surface area contributed by atoms with E-state index in [0.717, 1.165) is 16.9 Å². The van der Waals surface area contributed by atoms with Gasteiger partial charge in [0.05, 0.1) is 32.4 Å². The largest absolute Gasteiger partial charge is 0.497 e. The standard InChI is InChI=1S/C27H28N4O5/c1-18(32)28-23(19-7-10-22(34-2)11-8-19)15-27(33)30-20-9-12-24(35-3)25(14-20)36-17-21-16-31-13-5-4-6-26(31)29-21/h4-14,16,23H,15,17H2,1-3H3,(H,28,32)(H,30,33). The molecule has 36 heavy (non-hydrogen) atoms. The Morgan fingerprint density at radius 1 is 1.00 bits per heavy atom. The molecule has 0 saturated carbocycles. The van der Waals surface area contributed by atoms with Crippen LogP contribution < -0.4 is 24.8 Å². The molecule has 1 unspecified atom stereocenters. The number of amides is 2. The van der Waals surface area contributed by atoms with Crippen molar-refractivity contribution in [1.29, 1.82) is 0 Å². The minimum absolute atomic E-state index is 0.0510. The van der Waals surface area contributed by atoms with Gasteiger partial charge in [-0.1, -0.05) is 18.2 Å². The van der Waals surface area contributed by atoms with Crippen LogP contribution in [0.1, 0.15) is 30.6 Å². The Kier molecular flexibility index (Phi) is 7.69. The first-order chi connectivity index (χ1) is 17.4. The monoisotopic (exact) mass is 488 g/mol. The van der Waals surface area contributed by atoms with Gasteiger partial charge in [0.25, 0.3) is 0 Å². The number of carbonyl (C=O) groups is 2. The van der Waals surface area contributed by atoms with E-state index in [4.69, 9.17) is 14.2 Å². The lowest BCUT2D eigenvalue weighted by atomic mass is 10.0. The number of imidazole rings is 1. The van der Waals surface area contributed by atoms with Crippen molar-refractivity contribution in [1.82, 2.24) is 14.7 Å². The molecule has 0 saturated heterocycles. The van der Waals surface area contributed by atoms with Crippen LogP contribution >= 0.6 is 0 Å². The van der Waals surface area contributed by atoms with E-state index in [1.54, 1.807) is 44.6 Å². The van der Waals surface area contributed by atoms with E-state index >= 15 is 0 Å². The maximum absolute atomic E-state index is 12.9. The van der Waals surface area contributed by atoms with Gasteiger partial charge >= 0.3 is 0 Å². The third-order valence-electron chi connectivity index (χ3n) is 5.52. The second-order valence-electron chi connectivity index (χ2n) is 8.13. The fourth-order valence-electron chi connectivity index (χ4n) is 3.81. The van der Waals surface area contributed by atoms with E-state index < -0.39 is 6.04 Å². The van der Waals surface area contributed by atoms with Crippen LogP contribution in [0.2, 0.25) is 0 Å². The number of nitrogens with zero attached hydrogens (tertiary/aromatic N) is 2. The lowest BCUT2D eigenvalue weighted by molar-refractivity contribution is -0.120. The molecular weight excluding hydrogens is 460 g/mol. The fourth-order valence-corrected chi connectivity index (χ4v) is 3.81. The van der Waals surface area contributed by atoms with Crippen LogP contribution in [0.25, 0.3) is 5.65 Å². The SMILES string of the molecule is COc1ccc(C(CC(=O)Nc2ccc(OC)c(OCc3cn4ccccc4n3)c2)NC(C)=O)cc1. The van der Waals surface area contributed by atoms with Crippen LogP contribution in [0.5, 0.6) is 17.2 Å². The van der Waals surface area contributed by atoms with Gasteiger partial charge in [-0.2, -0.15) is 0 Å². The molecule has 0 aliphatic carbocycles. The summed E-state index contributed by atoms with van der Waals surface area (Å²) in [5.41, 5.74) is 2.93. The summed E-state index contributed by atoms with van der Waals surface area (Å²) < 4.78 is 18.5. The number of methoxy groups -OCH3 is 2. The summed E-state index contributed by atoms with van der Waals surface area (Å²) in [5, 5.41) is 5.71. The Bertz CT molecular complexity index is 1320. The van der Waals surface area contributed by atoms with Crippen LogP contribution in [-0.4, -0.2) is 35.4 Å². The molecule has 4 aromatic rings. The first-order valence-electron chi connectivity index (χ1n) is 11.4. The van der Waals surface area contributed by atoms with Gasteiger partial charge in [0.1, 0.15) is 18.0 Å². The van der Waals surface area contributed by atoms with E-state index in [2.05, 4.69) is 15.6 Å². The number of benzene rings is 2. The number of anilines is 1. The number of pyridine rings is 1. The zero-order valence-corrected chi connectivity index (χ0v) is 20.4. The number of ether oxygens (including phenoxy) is 3. The maximum atomic E-state index is 12.9. The molecule has 2 aromatic carbocycles. The minimum atomic E-state index is -0.488. The van der Waals surface area contributed by atoms with Crippen molar-refractivity contribution in [3.05, 3.63) is 84.3 Å². The molecule has 0 fully saturated rings. The van der Waals surface area contributed by atoms with Gasteiger partial charge in [-0.15, -0.1) is 0 Å². The Labute approximate surface area is 209 Å². The number of aromatic nitrogens is 2. The molecule has 0 aliphatic heterocycles. The zero-order valence-electron chi connectivity index (χ0n) is 20.4. The van der Waals surface area contributed by atoms with Gasteiger partial charge in [0, 0.05) is 31.1 Å². The van der Waals surface area contributed by atoms with Crippen molar-refractivity contribution in [2.45, 2.75) is 26.0 Å². The number of fused-ring (bicyclic) bond motifs is 1. The molecular formula is C27H28N4O5. The van der Waals surface area contributed by atoms with Crippen LogP contribution in [0, 0.1) is 0 Å². The molecule has 0 spiro atoms. The third-order valence-corrected chi connectivity index (χ3v) is 5.52. The molecule has 0 radical (unpaired) electrons. The lowest BCUT2D eigenvalue weighted by Gasteiger charge is -2.19. The van der Waals surface area contributed by atoms with Gasteiger partial charge in [-0.05, 0) is 42.0 Å². The molecule has 2 heterocycles. The van der Waals surface area contributed by atoms with E-state index in [9.17, 15) is 9.59 Å². The predicted octanol–water partition coefficient (Wildman–Crippen LogP) is 4.14. The minimum Gasteiger partial charge on any atom is -0.497 e. The highest BCUT2D eigenvalue weighted by Gasteiger charge is 2.18. The fraction of sp³-hybridized carbons (Fsp3) is 0.222. The average molecular weight is 489 g/mol. The van der Waals surface area contributed by atoms with Crippen molar-refractivity contribution in [2.75, 3.05) is 19.5 Å². The van der Waals surface area contributed by atoms with Crippen molar-refractivity contribution in [3.63, 3.8) is 0 Å². The molecule has 0 aliphatic rings. The quantitative estimate of drug-likeness (QED) is 0.348. The highest BCUT2D eigenvalue weighted by atomic mass is 16.5. The van der Waals surface area contributed by atoms with E-state index in [1.807, 2.05) is 47.1 Å². The van der Waals surface area contributed by atoms with Crippen LogP contribution in [0.15, 0.2) is 73.1 Å². The van der Waals surface area contributed by atoms with Crippen molar-refractivity contribution in [3.8, 4) is 17.2 Å². The second-order valence-corrected chi connectivity index (χ2v) is 8.13. The molecule has 4 rings (SSSR count). The normalized spacial score (nSPS) is 11.5. The predicted molar refractivity (Wildman–Crippen MR) is 135 cm³/mol. The summed E-state index contributed by atoms with van der Waals surface area (Å²) in [6.45, 7) is 1.65. The second kappa shape index (κ2) is 11.3. The number of rotatable bonds is 10. The van der Waals surface area contributed by atoms with Crippen molar-refractivity contribution < 1.29 is 23.8 Å². The van der Waals surface area contributed by atoms with E-state index in [1.165, 1.54) is 6.92 Å². The maximum Gasteiger partial charge on any atom is 0.226 e. The summed E-state index contributed by atoms with van der Waals surface area (Å²) >= 11 is 0. The number of carbonyl (C=O) groups excluding carboxylic acids is 2. The van der Waals surface area contributed by atoms with Crippen LogP contribution in [0.4, 0.5) is 5.69 Å². The molecule has 2 N–H and O–H groups in total. The molecule has 9 nitrogen and oxygen atoms in total. The van der Waals surface area contributed by atoms with Gasteiger partial charge in [-0.3, -0.25) is 9.59 Å². The smallest absolute Gasteiger partial charge is 0.226 e. The third kappa shape index (κ3) is 6.12. The van der Waals surface area contributed by atoms with Gasteiger partial charge < -0.3 is 29.2 Å². The Morgan fingerprint density at radius 2 is 1.81 bits per heavy atom. The van der Waals surface area contributed by atoms with E-state index in [0.29, 0.717) is 22.9 Å². The Morgan fingerprint density at radius 3 is 2.50 bits per heavy atom. The first-order valence-corrected chi connectivity index (χ1v) is 11.4. The number of hydrogen-bond donors (Lipinski definition) is 2. The highest BCUT2D eigenvalue weighted by molar-refractivity contribution is 5.92. The first kappa shape index (κ1) is 24.6. The summed E-state index contributed by atoms with van der Waals surface area (Å²) in [7, 11) is 3.14. The molecule has 2 amide bonds. The summed E-state index contributed by atoms with van der Waals surface area (Å²) in [5.74, 6) is 1.21. The average Bonchev–Trinajstić information content (AvgIpc) is 3.30. The van der Waals surface area contributed by atoms with Crippen LogP contribution in [-0.2, 0) is 16.2 Å². The highest BCUT2D eigenvalue weighted by Crippen LogP contribution is 2.31. The van der Waals surface area contributed by atoms with Gasteiger partial charge in [0.2, 0.25) is 11.8 Å². The molecule has 186 valence electrons.